The molecule has 2 rings (SSSR count). The molecule has 1 aromatic rings. The molecular weight excluding hydrogens is 206 g/mol. The summed E-state index contributed by atoms with van der Waals surface area (Å²) in [6, 6.07) is 3.31. The number of nitrogens with two attached hydrogens (primary N) is 1. The normalized spacial score (nSPS) is 16.8. The summed E-state index contributed by atoms with van der Waals surface area (Å²) in [4.78, 5) is 15.2. The van der Waals surface area contributed by atoms with E-state index in [0.717, 1.165) is 12.8 Å². The lowest BCUT2D eigenvalue weighted by Crippen LogP contribution is -2.22. The lowest BCUT2D eigenvalue weighted by atomic mass is 10.1. The molecule has 16 heavy (non-hydrogen) atoms. The highest BCUT2D eigenvalue weighted by Gasteiger charge is 2.41. The lowest BCUT2D eigenvalue weighted by Gasteiger charge is -2.14. The summed E-state index contributed by atoms with van der Waals surface area (Å²) in [5, 5.41) is 12.2. The summed E-state index contributed by atoms with van der Waals surface area (Å²) >= 11 is 0. The molecular formula is C11H15N3O2. The Bertz CT molecular complexity index is 402. The Morgan fingerprint density at radius 3 is 2.94 bits per heavy atom. The molecule has 1 amide bonds. The minimum Gasteiger partial charge on any atom is -0.396 e. The summed E-state index contributed by atoms with van der Waals surface area (Å²) in [7, 11) is 0. The fourth-order valence-electron chi connectivity index (χ4n) is 1.58. The Kier molecular flexibility index (Phi) is 2.78. The zero-order chi connectivity index (χ0) is 11.6. The number of nitrogens with zero attached hydrogens (tertiary/aromatic N) is 1. The molecule has 1 aliphatic carbocycles. The minimum atomic E-state index is -0.496. The van der Waals surface area contributed by atoms with Crippen LogP contribution in [0.25, 0.3) is 0 Å². The number of carbonyl (C=O) groups is 1. The molecule has 1 heterocycles. The van der Waals surface area contributed by atoms with Crippen LogP contribution in [0.3, 0.4) is 0 Å². The number of aromatic nitrogens is 1. The van der Waals surface area contributed by atoms with Gasteiger partial charge in [0.25, 0.3) is 5.91 Å². The van der Waals surface area contributed by atoms with Crippen molar-refractivity contribution in [1.29, 1.82) is 0 Å². The molecule has 1 saturated carbocycles. The zero-order valence-electron chi connectivity index (χ0n) is 8.94. The Balaban J connectivity index is 2.06. The van der Waals surface area contributed by atoms with Gasteiger partial charge in [-0.05, 0) is 25.0 Å². The first-order valence-electron chi connectivity index (χ1n) is 5.26. The van der Waals surface area contributed by atoms with Crippen LogP contribution in [-0.2, 0) is 0 Å². The van der Waals surface area contributed by atoms with Crippen molar-refractivity contribution >= 4 is 11.7 Å². The molecule has 0 saturated heterocycles. The number of aliphatic hydroxyl groups excluding tert-OH is 1. The summed E-state index contributed by atoms with van der Waals surface area (Å²) in [6.45, 7) is 0.791. The average Bonchev–Trinajstić information content (AvgIpc) is 3.07. The predicted octanol–water partition coefficient (Wildman–Crippen LogP) is 0.365. The number of carbonyl (C=O) groups excluding carboxylic acids is 1. The summed E-state index contributed by atoms with van der Waals surface area (Å²) in [6.07, 6.45) is 3.62. The van der Waals surface area contributed by atoms with Crippen LogP contribution in [0.1, 0.15) is 23.2 Å². The third-order valence-corrected chi connectivity index (χ3v) is 3.00. The first-order chi connectivity index (χ1) is 7.67. The van der Waals surface area contributed by atoms with Crippen molar-refractivity contribution in [3.63, 3.8) is 0 Å². The average molecular weight is 221 g/mol. The molecule has 86 valence electrons. The number of hydrogen-bond acceptors (Lipinski definition) is 4. The standard InChI is InChI=1S/C11H15N3O2/c12-9(16)8-2-1-5-13-10(8)14-6-11(7-15)3-4-11/h1-2,5,15H,3-4,6-7H2,(H2,12,16)(H,13,14). The van der Waals surface area contributed by atoms with E-state index in [4.69, 9.17) is 10.8 Å². The number of aliphatic hydroxyl groups is 1. The van der Waals surface area contributed by atoms with E-state index >= 15 is 0 Å². The van der Waals surface area contributed by atoms with Gasteiger partial charge in [-0.1, -0.05) is 0 Å². The van der Waals surface area contributed by atoms with Crippen LogP contribution in [0.2, 0.25) is 0 Å². The fourth-order valence-corrected chi connectivity index (χ4v) is 1.58. The van der Waals surface area contributed by atoms with Crippen LogP contribution in [0.5, 0.6) is 0 Å². The van der Waals surface area contributed by atoms with Gasteiger partial charge in [0.2, 0.25) is 0 Å². The topological polar surface area (TPSA) is 88.2 Å². The third kappa shape index (κ3) is 2.14. The van der Waals surface area contributed by atoms with Crippen molar-refractivity contribution < 1.29 is 9.90 Å². The van der Waals surface area contributed by atoms with Crippen molar-refractivity contribution in [3.8, 4) is 0 Å². The second-order valence-electron chi connectivity index (χ2n) is 4.28. The summed E-state index contributed by atoms with van der Waals surface area (Å²) in [5.41, 5.74) is 5.60. The minimum absolute atomic E-state index is 0.0214. The van der Waals surface area contributed by atoms with Crippen LogP contribution < -0.4 is 11.1 Å². The van der Waals surface area contributed by atoms with E-state index in [0.29, 0.717) is 17.9 Å². The molecule has 0 aromatic carbocycles. The molecule has 5 heteroatoms. The van der Waals surface area contributed by atoms with E-state index in [2.05, 4.69) is 10.3 Å². The van der Waals surface area contributed by atoms with Crippen molar-refractivity contribution in [2.24, 2.45) is 11.1 Å². The molecule has 0 unspecified atom stereocenters. The molecule has 0 atom stereocenters. The molecule has 1 fully saturated rings. The molecule has 1 aliphatic rings. The second kappa shape index (κ2) is 4.09. The van der Waals surface area contributed by atoms with Crippen LogP contribution >= 0.6 is 0 Å². The number of pyridine rings is 1. The maximum Gasteiger partial charge on any atom is 0.252 e. The van der Waals surface area contributed by atoms with Crippen LogP contribution in [0.15, 0.2) is 18.3 Å². The molecule has 0 bridgehead atoms. The van der Waals surface area contributed by atoms with Crippen molar-refractivity contribution in [1.82, 2.24) is 4.98 Å². The molecule has 0 spiro atoms. The van der Waals surface area contributed by atoms with Gasteiger partial charge < -0.3 is 16.2 Å². The van der Waals surface area contributed by atoms with E-state index in [-0.39, 0.29) is 12.0 Å². The summed E-state index contributed by atoms with van der Waals surface area (Å²) < 4.78 is 0. The molecule has 5 nitrogen and oxygen atoms in total. The lowest BCUT2D eigenvalue weighted by molar-refractivity contribution is 0.100. The Hall–Kier alpha value is -1.62. The fraction of sp³-hybridized carbons (Fsp3) is 0.455. The summed E-state index contributed by atoms with van der Waals surface area (Å²) in [5.74, 6) is -0.000768. The zero-order valence-corrected chi connectivity index (χ0v) is 8.94. The molecule has 1 aromatic heterocycles. The molecule has 4 N–H and O–H groups in total. The number of nitrogens with one attached hydrogen (secondary N) is 1. The van der Waals surface area contributed by atoms with Gasteiger partial charge in [-0.2, -0.15) is 0 Å². The van der Waals surface area contributed by atoms with Gasteiger partial charge in [-0.15, -0.1) is 0 Å². The number of rotatable bonds is 5. The van der Waals surface area contributed by atoms with Gasteiger partial charge >= 0.3 is 0 Å². The molecule has 0 radical (unpaired) electrons. The van der Waals surface area contributed by atoms with E-state index in [1.165, 1.54) is 0 Å². The van der Waals surface area contributed by atoms with Gasteiger partial charge in [-0.25, -0.2) is 4.98 Å². The highest BCUT2D eigenvalue weighted by atomic mass is 16.3. The molecule has 0 aliphatic heterocycles. The largest absolute Gasteiger partial charge is 0.396 e. The van der Waals surface area contributed by atoms with Gasteiger partial charge in [0.1, 0.15) is 5.82 Å². The van der Waals surface area contributed by atoms with Crippen molar-refractivity contribution in [2.75, 3.05) is 18.5 Å². The van der Waals surface area contributed by atoms with Gasteiger partial charge in [0.15, 0.2) is 0 Å². The Labute approximate surface area is 93.7 Å². The van der Waals surface area contributed by atoms with Crippen molar-refractivity contribution in [3.05, 3.63) is 23.9 Å². The van der Waals surface area contributed by atoms with E-state index in [1.54, 1.807) is 18.3 Å². The maximum absolute atomic E-state index is 11.1. The van der Waals surface area contributed by atoms with Crippen LogP contribution in [0, 0.1) is 5.41 Å². The van der Waals surface area contributed by atoms with E-state index in [1.807, 2.05) is 0 Å². The highest BCUT2D eigenvalue weighted by molar-refractivity contribution is 5.97. The Morgan fingerprint density at radius 1 is 1.62 bits per heavy atom. The van der Waals surface area contributed by atoms with Gasteiger partial charge in [-0.3, -0.25) is 4.79 Å². The van der Waals surface area contributed by atoms with E-state index < -0.39 is 5.91 Å². The van der Waals surface area contributed by atoms with Gasteiger partial charge in [0, 0.05) is 18.2 Å². The predicted molar refractivity (Wildman–Crippen MR) is 60.0 cm³/mol. The number of primary amides is 1. The Morgan fingerprint density at radius 2 is 2.38 bits per heavy atom. The first-order valence-corrected chi connectivity index (χ1v) is 5.26. The first kappa shape index (κ1) is 10.9. The maximum atomic E-state index is 11.1. The van der Waals surface area contributed by atoms with Crippen molar-refractivity contribution in [2.45, 2.75) is 12.8 Å². The van der Waals surface area contributed by atoms with Gasteiger partial charge in [0.05, 0.1) is 12.2 Å². The number of hydrogen-bond donors (Lipinski definition) is 3. The van der Waals surface area contributed by atoms with Crippen LogP contribution in [0.4, 0.5) is 5.82 Å². The number of anilines is 1. The third-order valence-electron chi connectivity index (χ3n) is 3.00. The smallest absolute Gasteiger partial charge is 0.252 e. The highest BCUT2D eigenvalue weighted by Crippen LogP contribution is 2.44. The quantitative estimate of drug-likeness (QED) is 0.670. The van der Waals surface area contributed by atoms with Crippen LogP contribution in [-0.4, -0.2) is 29.1 Å². The second-order valence-corrected chi connectivity index (χ2v) is 4.28. The number of amides is 1. The SMILES string of the molecule is NC(=O)c1cccnc1NCC1(CO)CC1. The van der Waals surface area contributed by atoms with E-state index in [9.17, 15) is 4.79 Å². The monoisotopic (exact) mass is 221 g/mol.